The molecule has 0 saturated heterocycles. The van der Waals surface area contributed by atoms with Crippen molar-refractivity contribution in [2.75, 3.05) is 14.2 Å². The van der Waals surface area contributed by atoms with Crippen LogP contribution in [0.15, 0.2) is 4.47 Å². The van der Waals surface area contributed by atoms with Gasteiger partial charge in [0.25, 0.3) is 0 Å². The third kappa shape index (κ3) is 3.80. The topological polar surface area (TPSA) is 39.1 Å². The van der Waals surface area contributed by atoms with E-state index in [9.17, 15) is 0 Å². The number of aromatic nitrogens is 2. The number of likely N-dealkylation sites (N-methyl/N-ethyl adjacent to an activating group) is 1. The maximum Gasteiger partial charge on any atom is 0.0750 e. The van der Waals surface area contributed by atoms with Gasteiger partial charge < -0.3 is 10.1 Å². The van der Waals surface area contributed by atoms with Crippen LogP contribution in [0.5, 0.6) is 0 Å². The Hall–Kier alpha value is -0.390. The van der Waals surface area contributed by atoms with Crippen LogP contribution in [-0.4, -0.2) is 36.1 Å². The highest BCUT2D eigenvalue weighted by atomic mass is 79.9. The minimum Gasteiger partial charge on any atom is -0.380 e. The number of ether oxygens (including phenoxy) is 1. The van der Waals surface area contributed by atoms with Gasteiger partial charge in [0.1, 0.15) is 0 Å². The lowest BCUT2D eigenvalue weighted by Crippen LogP contribution is -2.44. The van der Waals surface area contributed by atoms with Crippen molar-refractivity contribution in [2.45, 2.75) is 52.8 Å². The molecule has 1 rings (SSSR count). The van der Waals surface area contributed by atoms with Crippen LogP contribution in [0.3, 0.4) is 0 Å². The van der Waals surface area contributed by atoms with Gasteiger partial charge in [-0.3, -0.25) is 4.68 Å². The van der Waals surface area contributed by atoms with Crippen LogP contribution in [0.4, 0.5) is 0 Å². The zero-order valence-corrected chi connectivity index (χ0v) is 14.4. The van der Waals surface area contributed by atoms with Crippen LogP contribution in [0.25, 0.3) is 0 Å². The summed E-state index contributed by atoms with van der Waals surface area (Å²) in [5, 5.41) is 7.93. The lowest BCUT2D eigenvalue weighted by molar-refractivity contribution is 0.0348. The van der Waals surface area contributed by atoms with Crippen molar-refractivity contribution in [3.63, 3.8) is 0 Å². The van der Waals surface area contributed by atoms with Crippen molar-refractivity contribution >= 4 is 15.9 Å². The summed E-state index contributed by atoms with van der Waals surface area (Å²) in [7, 11) is 3.78. The Morgan fingerprint density at radius 3 is 2.47 bits per heavy atom. The average Bonchev–Trinajstić information content (AvgIpc) is 2.65. The van der Waals surface area contributed by atoms with Gasteiger partial charge in [-0.1, -0.05) is 13.8 Å². The van der Waals surface area contributed by atoms with Gasteiger partial charge in [0.2, 0.25) is 0 Å². The Morgan fingerprint density at radius 2 is 2.05 bits per heavy atom. The van der Waals surface area contributed by atoms with Crippen molar-refractivity contribution in [1.82, 2.24) is 15.1 Å². The van der Waals surface area contributed by atoms with Crippen molar-refractivity contribution in [3.05, 3.63) is 15.9 Å². The summed E-state index contributed by atoms with van der Waals surface area (Å²) in [6, 6.07) is 0.280. The fourth-order valence-corrected chi connectivity index (χ4v) is 3.00. The van der Waals surface area contributed by atoms with E-state index in [0.717, 1.165) is 23.1 Å². The molecule has 0 aromatic carbocycles. The van der Waals surface area contributed by atoms with Crippen LogP contribution < -0.4 is 5.32 Å². The van der Waals surface area contributed by atoms with Gasteiger partial charge in [-0.05, 0) is 42.7 Å². The van der Waals surface area contributed by atoms with Crippen molar-refractivity contribution < 1.29 is 4.74 Å². The highest BCUT2D eigenvalue weighted by molar-refractivity contribution is 9.10. The Bertz CT molecular complexity index is 404. The van der Waals surface area contributed by atoms with E-state index in [-0.39, 0.29) is 12.1 Å². The van der Waals surface area contributed by atoms with Crippen molar-refractivity contribution in [3.8, 4) is 0 Å². The molecule has 0 amide bonds. The molecule has 2 atom stereocenters. The first-order valence-corrected chi connectivity index (χ1v) is 7.67. The van der Waals surface area contributed by atoms with Gasteiger partial charge in [-0.2, -0.15) is 5.10 Å². The Labute approximate surface area is 125 Å². The summed E-state index contributed by atoms with van der Waals surface area (Å²) < 4.78 is 8.83. The third-order valence-electron chi connectivity index (χ3n) is 3.56. The third-order valence-corrected chi connectivity index (χ3v) is 4.59. The highest BCUT2D eigenvalue weighted by Gasteiger charge is 2.26. The minimum absolute atomic E-state index is 0.192. The molecule has 0 radical (unpaired) electrons. The molecule has 0 aliphatic rings. The Morgan fingerprint density at radius 1 is 1.42 bits per heavy atom. The summed E-state index contributed by atoms with van der Waals surface area (Å²) in [4.78, 5) is 0. The number of nitrogens with one attached hydrogen (secondary N) is 1. The van der Waals surface area contributed by atoms with E-state index in [1.807, 2.05) is 14.0 Å². The van der Waals surface area contributed by atoms with E-state index in [1.165, 1.54) is 5.69 Å². The zero-order valence-electron chi connectivity index (χ0n) is 12.8. The van der Waals surface area contributed by atoms with Gasteiger partial charge in [-0.15, -0.1) is 0 Å². The predicted molar refractivity (Wildman–Crippen MR) is 82.5 cm³/mol. The van der Waals surface area contributed by atoms with E-state index >= 15 is 0 Å². The predicted octanol–water partition coefficient (Wildman–Crippen LogP) is 2.78. The number of hydrogen-bond acceptors (Lipinski definition) is 3. The Balaban J connectivity index is 2.98. The van der Waals surface area contributed by atoms with Crippen LogP contribution in [-0.2, 0) is 17.7 Å². The molecule has 1 aromatic rings. The first-order chi connectivity index (χ1) is 8.96. The van der Waals surface area contributed by atoms with E-state index in [1.54, 1.807) is 7.11 Å². The number of halogens is 1. The number of aryl methyl sites for hydroxylation is 2. The average molecular weight is 332 g/mol. The van der Waals surface area contributed by atoms with Gasteiger partial charge in [0.15, 0.2) is 0 Å². The normalized spacial score (nSPS) is 14.9. The fourth-order valence-electron chi connectivity index (χ4n) is 2.56. The molecule has 1 N–H and O–H groups in total. The van der Waals surface area contributed by atoms with E-state index in [2.05, 4.69) is 51.8 Å². The SMILES string of the molecule is CCn1nc(C)c(Br)c1CC(NC)C(OC)C(C)C. The second-order valence-electron chi connectivity index (χ2n) is 5.21. The first kappa shape index (κ1) is 16.7. The van der Waals surface area contributed by atoms with Gasteiger partial charge in [0.05, 0.1) is 22.0 Å². The molecule has 19 heavy (non-hydrogen) atoms. The molecule has 5 heteroatoms. The number of rotatable bonds is 7. The largest absolute Gasteiger partial charge is 0.380 e. The second-order valence-corrected chi connectivity index (χ2v) is 6.00. The minimum atomic E-state index is 0.192. The fraction of sp³-hybridized carbons (Fsp3) is 0.786. The second kappa shape index (κ2) is 7.41. The van der Waals surface area contributed by atoms with Gasteiger partial charge in [-0.25, -0.2) is 0 Å². The maximum absolute atomic E-state index is 5.65. The molecule has 0 aliphatic heterocycles. The molecule has 1 heterocycles. The molecule has 2 unspecified atom stereocenters. The molecule has 0 spiro atoms. The summed E-state index contributed by atoms with van der Waals surface area (Å²) in [5.41, 5.74) is 2.28. The summed E-state index contributed by atoms with van der Waals surface area (Å²) in [5.74, 6) is 0.473. The molecular weight excluding hydrogens is 306 g/mol. The number of methoxy groups -OCH3 is 1. The standard InChI is InChI=1S/C14H26BrN3O/c1-7-18-12(13(15)10(4)17-18)8-11(16-5)14(19-6)9(2)3/h9,11,14,16H,7-8H2,1-6H3. The number of hydrogen-bond donors (Lipinski definition) is 1. The van der Waals surface area contributed by atoms with Crippen molar-refractivity contribution in [2.24, 2.45) is 5.92 Å². The molecule has 4 nitrogen and oxygen atoms in total. The van der Waals surface area contributed by atoms with Crippen LogP contribution in [0.1, 0.15) is 32.2 Å². The highest BCUT2D eigenvalue weighted by Crippen LogP contribution is 2.24. The number of nitrogens with zero attached hydrogens (tertiary/aromatic N) is 2. The molecule has 0 aliphatic carbocycles. The molecule has 1 aromatic heterocycles. The monoisotopic (exact) mass is 331 g/mol. The molecule has 0 fully saturated rings. The van der Waals surface area contributed by atoms with Crippen LogP contribution in [0.2, 0.25) is 0 Å². The maximum atomic E-state index is 5.65. The van der Waals surface area contributed by atoms with Crippen molar-refractivity contribution in [1.29, 1.82) is 0 Å². The summed E-state index contributed by atoms with van der Waals surface area (Å²) in [6.07, 6.45) is 1.10. The summed E-state index contributed by atoms with van der Waals surface area (Å²) in [6.45, 7) is 9.42. The van der Waals surface area contributed by atoms with Gasteiger partial charge >= 0.3 is 0 Å². The van der Waals surface area contributed by atoms with Crippen LogP contribution in [0, 0.1) is 12.8 Å². The van der Waals surface area contributed by atoms with E-state index in [0.29, 0.717) is 5.92 Å². The van der Waals surface area contributed by atoms with E-state index in [4.69, 9.17) is 4.74 Å². The lowest BCUT2D eigenvalue weighted by atomic mass is 9.95. The lowest BCUT2D eigenvalue weighted by Gasteiger charge is -2.29. The van der Waals surface area contributed by atoms with E-state index < -0.39 is 0 Å². The molecular formula is C14H26BrN3O. The summed E-state index contributed by atoms with van der Waals surface area (Å²) >= 11 is 3.66. The smallest absolute Gasteiger partial charge is 0.0750 e. The molecule has 0 bridgehead atoms. The Kier molecular flexibility index (Phi) is 6.50. The zero-order chi connectivity index (χ0) is 14.6. The van der Waals surface area contributed by atoms with Gasteiger partial charge in [0, 0.05) is 26.1 Å². The first-order valence-electron chi connectivity index (χ1n) is 6.88. The molecule has 110 valence electrons. The molecule has 0 saturated carbocycles. The van der Waals surface area contributed by atoms with Crippen LogP contribution >= 0.6 is 15.9 Å². The quantitative estimate of drug-likeness (QED) is 0.835.